The van der Waals surface area contributed by atoms with Crippen LogP contribution in [0.4, 0.5) is 0 Å². The summed E-state index contributed by atoms with van der Waals surface area (Å²) in [4.78, 5) is 2.24. The van der Waals surface area contributed by atoms with Crippen molar-refractivity contribution in [3.63, 3.8) is 0 Å². The molecule has 1 aromatic rings. The summed E-state index contributed by atoms with van der Waals surface area (Å²) in [5.74, 6) is 0. The van der Waals surface area contributed by atoms with Crippen molar-refractivity contribution in [2.75, 3.05) is 20.1 Å². The number of hydrogen-bond donors (Lipinski definition) is 2. The van der Waals surface area contributed by atoms with Crippen LogP contribution in [0.1, 0.15) is 12.5 Å². The van der Waals surface area contributed by atoms with Gasteiger partial charge >= 0.3 is 7.12 Å². The lowest BCUT2D eigenvalue weighted by molar-refractivity contribution is 0.382. The van der Waals surface area contributed by atoms with E-state index in [4.69, 9.17) is 10.0 Å². The third kappa shape index (κ3) is 1.82. The van der Waals surface area contributed by atoms with E-state index in [0.717, 1.165) is 19.5 Å². The maximum atomic E-state index is 8.92. The zero-order chi connectivity index (χ0) is 10.1. The largest absolute Gasteiger partial charge is 0.491 e. The highest BCUT2D eigenvalue weighted by molar-refractivity contribution is 6.58. The molecule has 0 bridgehead atoms. The van der Waals surface area contributed by atoms with Gasteiger partial charge in [-0.2, -0.15) is 5.10 Å². The van der Waals surface area contributed by atoms with Gasteiger partial charge in [-0.1, -0.05) is 0 Å². The Hall–Kier alpha value is -0.845. The summed E-state index contributed by atoms with van der Waals surface area (Å²) in [6.07, 6.45) is 4.27. The Kier molecular flexibility index (Phi) is 2.58. The van der Waals surface area contributed by atoms with E-state index in [1.807, 2.05) is 4.68 Å². The molecular formula is C8H14BN3O2. The quantitative estimate of drug-likeness (QED) is 0.560. The average Bonchev–Trinajstić information content (AvgIpc) is 2.70. The fourth-order valence-electron chi connectivity index (χ4n) is 1.81. The summed E-state index contributed by atoms with van der Waals surface area (Å²) in [7, 11) is 0.661. The first-order valence-electron chi connectivity index (χ1n) is 4.75. The molecule has 0 saturated carbocycles. The van der Waals surface area contributed by atoms with Crippen molar-refractivity contribution in [2.24, 2.45) is 0 Å². The fraction of sp³-hybridized carbons (Fsp3) is 0.625. The molecule has 0 aliphatic carbocycles. The van der Waals surface area contributed by atoms with E-state index in [9.17, 15) is 0 Å². The van der Waals surface area contributed by atoms with Crippen LogP contribution in [-0.4, -0.2) is 52.0 Å². The molecule has 2 rings (SSSR count). The molecule has 1 aliphatic rings. The molecule has 1 aliphatic heterocycles. The van der Waals surface area contributed by atoms with Crippen LogP contribution in [-0.2, 0) is 0 Å². The van der Waals surface area contributed by atoms with Gasteiger partial charge in [-0.3, -0.25) is 4.68 Å². The fourth-order valence-corrected chi connectivity index (χ4v) is 1.81. The topological polar surface area (TPSA) is 61.5 Å². The van der Waals surface area contributed by atoms with E-state index in [1.54, 1.807) is 6.20 Å². The van der Waals surface area contributed by atoms with Gasteiger partial charge in [0.2, 0.25) is 0 Å². The summed E-state index contributed by atoms with van der Waals surface area (Å²) >= 11 is 0. The zero-order valence-electron chi connectivity index (χ0n) is 8.17. The molecule has 1 saturated heterocycles. The highest BCUT2D eigenvalue weighted by Gasteiger charge is 2.23. The summed E-state index contributed by atoms with van der Waals surface area (Å²) in [6, 6.07) is 0.368. The van der Waals surface area contributed by atoms with Gasteiger partial charge in [-0.05, 0) is 20.0 Å². The van der Waals surface area contributed by atoms with Crippen LogP contribution in [0, 0.1) is 0 Å². The van der Waals surface area contributed by atoms with Crippen LogP contribution < -0.4 is 5.46 Å². The Morgan fingerprint density at radius 3 is 2.86 bits per heavy atom. The monoisotopic (exact) mass is 195 g/mol. The van der Waals surface area contributed by atoms with E-state index >= 15 is 0 Å². The van der Waals surface area contributed by atoms with Gasteiger partial charge in [0, 0.05) is 24.4 Å². The number of hydrogen-bond acceptors (Lipinski definition) is 4. The zero-order valence-corrected chi connectivity index (χ0v) is 8.17. The van der Waals surface area contributed by atoms with Crippen molar-refractivity contribution in [3.8, 4) is 0 Å². The van der Waals surface area contributed by atoms with Crippen molar-refractivity contribution in [1.29, 1.82) is 0 Å². The Bertz CT molecular complexity index is 315. The van der Waals surface area contributed by atoms with Crippen LogP contribution in [0.3, 0.4) is 0 Å². The summed E-state index contributed by atoms with van der Waals surface area (Å²) in [5, 5.41) is 22.0. The number of likely N-dealkylation sites (tertiary alicyclic amines) is 1. The van der Waals surface area contributed by atoms with Gasteiger partial charge in [-0.15, -0.1) is 0 Å². The molecule has 0 aromatic carbocycles. The lowest BCUT2D eigenvalue weighted by atomic mass is 9.83. The molecule has 14 heavy (non-hydrogen) atoms. The lowest BCUT2D eigenvalue weighted by Gasteiger charge is -2.10. The van der Waals surface area contributed by atoms with Crippen molar-refractivity contribution >= 4 is 12.6 Å². The van der Waals surface area contributed by atoms with E-state index < -0.39 is 7.12 Å². The van der Waals surface area contributed by atoms with Crippen molar-refractivity contribution in [3.05, 3.63) is 12.4 Å². The minimum Gasteiger partial charge on any atom is -0.423 e. The van der Waals surface area contributed by atoms with Crippen LogP contribution >= 0.6 is 0 Å². The second-order valence-electron chi connectivity index (χ2n) is 3.83. The van der Waals surface area contributed by atoms with Crippen molar-refractivity contribution in [2.45, 2.75) is 12.5 Å². The van der Waals surface area contributed by atoms with Gasteiger partial charge in [0.05, 0.1) is 6.04 Å². The Balaban J connectivity index is 2.09. The third-order valence-corrected chi connectivity index (χ3v) is 2.66. The van der Waals surface area contributed by atoms with E-state index in [0.29, 0.717) is 11.5 Å². The second kappa shape index (κ2) is 3.72. The standard InChI is InChI=1S/C8H14BN3O2/c1-11-3-2-8(6-11)12-5-7(4-10-12)9(13)14/h4-5,8,13-14H,2-3,6H2,1H3. The molecule has 1 unspecified atom stereocenters. The molecule has 0 amide bonds. The average molecular weight is 195 g/mol. The Morgan fingerprint density at radius 2 is 2.36 bits per heavy atom. The third-order valence-electron chi connectivity index (χ3n) is 2.66. The van der Waals surface area contributed by atoms with E-state index in [-0.39, 0.29) is 0 Å². The first-order chi connectivity index (χ1) is 6.66. The molecule has 1 atom stereocenters. The SMILES string of the molecule is CN1CCC(n2cc(B(O)O)cn2)C1. The number of likely N-dealkylation sites (N-methyl/N-ethyl adjacent to an activating group) is 1. The normalized spacial score (nSPS) is 22.9. The summed E-state index contributed by atoms with van der Waals surface area (Å²) in [6.45, 7) is 2.05. The molecular weight excluding hydrogens is 181 g/mol. The number of nitrogens with zero attached hydrogens (tertiary/aromatic N) is 3. The van der Waals surface area contributed by atoms with Crippen molar-refractivity contribution < 1.29 is 10.0 Å². The predicted octanol–water partition coefficient (Wildman–Crippen LogP) is -1.56. The maximum Gasteiger partial charge on any atom is 0.491 e. The van der Waals surface area contributed by atoms with Gasteiger partial charge in [0.1, 0.15) is 0 Å². The van der Waals surface area contributed by atoms with Crippen molar-refractivity contribution in [1.82, 2.24) is 14.7 Å². The van der Waals surface area contributed by atoms with Crippen LogP contribution in [0.5, 0.6) is 0 Å². The van der Waals surface area contributed by atoms with E-state index in [1.165, 1.54) is 6.20 Å². The predicted molar refractivity (Wildman–Crippen MR) is 53.2 cm³/mol. The number of aromatic nitrogens is 2. The summed E-state index contributed by atoms with van der Waals surface area (Å²) in [5.41, 5.74) is 0.458. The molecule has 76 valence electrons. The minimum atomic E-state index is -1.41. The Morgan fingerprint density at radius 1 is 1.57 bits per heavy atom. The van der Waals surface area contributed by atoms with Gasteiger partial charge in [0.15, 0.2) is 0 Å². The second-order valence-corrected chi connectivity index (χ2v) is 3.83. The van der Waals surface area contributed by atoms with Crippen LogP contribution in [0.15, 0.2) is 12.4 Å². The van der Waals surface area contributed by atoms with Gasteiger partial charge < -0.3 is 14.9 Å². The summed E-state index contributed by atoms with van der Waals surface area (Å²) < 4.78 is 1.82. The molecule has 2 N–H and O–H groups in total. The molecule has 1 aromatic heterocycles. The van der Waals surface area contributed by atoms with Crippen LogP contribution in [0.25, 0.3) is 0 Å². The first-order valence-corrected chi connectivity index (χ1v) is 4.75. The highest BCUT2D eigenvalue weighted by Crippen LogP contribution is 2.18. The molecule has 0 spiro atoms. The maximum absolute atomic E-state index is 8.92. The molecule has 2 heterocycles. The van der Waals surface area contributed by atoms with Gasteiger partial charge in [0.25, 0.3) is 0 Å². The Labute approximate surface area is 83.1 Å². The van der Waals surface area contributed by atoms with Gasteiger partial charge in [-0.25, -0.2) is 0 Å². The molecule has 6 heteroatoms. The number of rotatable bonds is 2. The smallest absolute Gasteiger partial charge is 0.423 e. The molecule has 5 nitrogen and oxygen atoms in total. The van der Waals surface area contributed by atoms with E-state index in [2.05, 4.69) is 17.0 Å². The van der Waals surface area contributed by atoms with Crippen LogP contribution in [0.2, 0.25) is 0 Å². The first kappa shape index (κ1) is 9.70. The lowest BCUT2D eigenvalue weighted by Crippen LogP contribution is -2.28. The molecule has 0 radical (unpaired) electrons. The minimum absolute atomic E-state index is 0.368. The molecule has 1 fully saturated rings. The highest BCUT2D eigenvalue weighted by atomic mass is 16.4.